The van der Waals surface area contributed by atoms with Crippen LogP contribution in [0, 0.1) is 6.92 Å². The average Bonchev–Trinajstić information content (AvgIpc) is 2.85. The van der Waals surface area contributed by atoms with Gasteiger partial charge in [-0.2, -0.15) is 0 Å². The SMILES string of the molecule is CCCn1c(=O)sc2cc(S(=O)(=O)Nc3ccc(C)cn3)ccc21. The van der Waals surface area contributed by atoms with E-state index in [1.54, 1.807) is 29.0 Å². The van der Waals surface area contributed by atoms with Gasteiger partial charge in [0.1, 0.15) is 5.82 Å². The first-order valence-electron chi connectivity index (χ1n) is 7.49. The third-order valence-corrected chi connectivity index (χ3v) is 5.84. The monoisotopic (exact) mass is 363 g/mol. The third kappa shape index (κ3) is 3.20. The van der Waals surface area contributed by atoms with Crippen LogP contribution in [0.15, 0.2) is 46.2 Å². The number of benzene rings is 1. The Hall–Kier alpha value is -2.19. The van der Waals surface area contributed by atoms with Gasteiger partial charge in [-0.15, -0.1) is 0 Å². The molecule has 0 saturated carbocycles. The molecule has 126 valence electrons. The van der Waals surface area contributed by atoms with Crippen LogP contribution in [-0.4, -0.2) is 18.0 Å². The van der Waals surface area contributed by atoms with Crippen molar-refractivity contribution in [1.29, 1.82) is 0 Å². The molecule has 0 amide bonds. The lowest BCUT2D eigenvalue weighted by Crippen LogP contribution is -2.14. The largest absolute Gasteiger partial charge is 0.308 e. The van der Waals surface area contributed by atoms with Crippen molar-refractivity contribution in [3.8, 4) is 0 Å². The Balaban J connectivity index is 1.99. The highest BCUT2D eigenvalue weighted by Crippen LogP contribution is 2.23. The zero-order valence-corrected chi connectivity index (χ0v) is 14.9. The predicted octanol–water partition coefficient (Wildman–Crippen LogP) is 2.98. The normalized spacial score (nSPS) is 11.8. The number of rotatable bonds is 5. The molecule has 0 unspecified atom stereocenters. The van der Waals surface area contributed by atoms with E-state index < -0.39 is 10.0 Å². The van der Waals surface area contributed by atoms with Gasteiger partial charge in [0.2, 0.25) is 0 Å². The van der Waals surface area contributed by atoms with Crippen molar-refractivity contribution in [1.82, 2.24) is 9.55 Å². The van der Waals surface area contributed by atoms with Gasteiger partial charge >= 0.3 is 4.87 Å². The molecule has 1 aromatic carbocycles. The zero-order valence-electron chi connectivity index (χ0n) is 13.3. The Morgan fingerprint density at radius 3 is 2.71 bits per heavy atom. The van der Waals surface area contributed by atoms with Gasteiger partial charge in [0.25, 0.3) is 10.0 Å². The molecule has 0 atom stereocenters. The first kappa shape index (κ1) is 16.7. The number of nitrogens with zero attached hydrogens (tertiary/aromatic N) is 2. The fourth-order valence-corrected chi connectivity index (χ4v) is 4.44. The highest BCUT2D eigenvalue weighted by atomic mass is 32.2. The van der Waals surface area contributed by atoms with E-state index in [9.17, 15) is 13.2 Å². The summed E-state index contributed by atoms with van der Waals surface area (Å²) in [4.78, 5) is 16.1. The van der Waals surface area contributed by atoms with Crippen molar-refractivity contribution < 1.29 is 8.42 Å². The van der Waals surface area contributed by atoms with E-state index in [2.05, 4.69) is 9.71 Å². The maximum atomic E-state index is 12.5. The lowest BCUT2D eigenvalue weighted by molar-refractivity contribution is 0.601. The van der Waals surface area contributed by atoms with Crippen molar-refractivity contribution in [3.63, 3.8) is 0 Å². The van der Waals surface area contributed by atoms with Crippen LogP contribution >= 0.6 is 11.3 Å². The molecule has 8 heteroatoms. The number of nitrogens with one attached hydrogen (secondary N) is 1. The second-order valence-electron chi connectivity index (χ2n) is 5.48. The lowest BCUT2D eigenvalue weighted by Gasteiger charge is -2.08. The van der Waals surface area contributed by atoms with Crippen LogP contribution in [0.4, 0.5) is 5.82 Å². The molecule has 6 nitrogen and oxygen atoms in total. The maximum Gasteiger partial charge on any atom is 0.308 e. The molecule has 3 aromatic rings. The van der Waals surface area contributed by atoms with Crippen molar-refractivity contribution in [2.24, 2.45) is 0 Å². The molecule has 2 aromatic heterocycles. The minimum Gasteiger partial charge on any atom is -0.299 e. The van der Waals surface area contributed by atoms with Crippen LogP contribution in [0.1, 0.15) is 18.9 Å². The molecule has 0 aliphatic carbocycles. The van der Waals surface area contributed by atoms with E-state index in [1.807, 2.05) is 13.8 Å². The van der Waals surface area contributed by atoms with Crippen molar-refractivity contribution >= 4 is 37.4 Å². The second-order valence-corrected chi connectivity index (χ2v) is 8.15. The molecule has 24 heavy (non-hydrogen) atoms. The molecule has 3 rings (SSSR count). The molecule has 0 aliphatic rings. The van der Waals surface area contributed by atoms with Gasteiger partial charge < -0.3 is 0 Å². The first-order chi connectivity index (χ1) is 11.4. The van der Waals surface area contributed by atoms with Gasteiger partial charge in [0.15, 0.2) is 0 Å². The van der Waals surface area contributed by atoms with Crippen LogP contribution in [0.5, 0.6) is 0 Å². The molecule has 0 saturated heterocycles. The molecular formula is C16H17N3O3S2. The van der Waals surface area contributed by atoms with Gasteiger partial charge in [-0.25, -0.2) is 13.4 Å². The predicted molar refractivity (Wildman–Crippen MR) is 96.2 cm³/mol. The lowest BCUT2D eigenvalue weighted by atomic mass is 10.3. The van der Waals surface area contributed by atoms with E-state index in [0.29, 0.717) is 11.2 Å². The summed E-state index contributed by atoms with van der Waals surface area (Å²) in [5.41, 5.74) is 1.71. The number of aryl methyl sites for hydroxylation is 2. The minimum absolute atomic E-state index is 0.0745. The van der Waals surface area contributed by atoms with Crippen molar-refractivity contribution in [2.45, 2.75) is 31.7 Å². The van der Waals surface area contributed by atoms with Crippen LogP contribution in [0.2, 0.25) is 0 Å². The zero-order chi connectivity index (χ0) is 17.3. The van der Waals surface area contributed by atoms with Gasteiger partial charge in [-0.1, -0.05) is 24.3 Å². The number of aromatic nitrogens is 2. The topological polar surface area (TPSA) is 81.1 Å². The van der Waals surface area contributed by atoms with Crippen molar-refractivity contribution in [2.75, 3.05) is 4.72 Å². The summed E-state index contributed by atoms with van der Waals surface area (Å²) in [6, 6.07) is 8.12. The van der Waals surface area contributed by atoms with Gasteiger partial charge in [0.05, 0.1) is 15.1 Å². The Kier molecular flexibility index (Phi) is 4.42. The van der Waals surface area contributed by atoms with E-state index >= 15 is 0 Å². The summed E-state index contributed by atoms with van der Waals surface area (Å²) < 4.78 is 29.8. The summed E-state index contributed by atoms with van der Waals surface area (Å²) in [6.07, 6.45) is 2.43. The van der Waals surface area contributed by atoms with Crippen molar-refractivity contribution in [3.05, 3.63) is 51.8 Å². The number of hydrogen-bond acceptors (Lipinski definition) is 5. The summed E-state index contributed by atoms with van der Waals surface area (Å²) in [6.45, 7) is 4.49. The highest BCUT2D eigenvalue weighted by molar-refractivity contribution is 7.92. The quantitative estimate of drug-likeness (QED) is 0.756. The van der Waals surface area contributed by atoms with E-state index in [4.69, 9.17) is 0 Å². The molecule has 0 radical (unpaired) electrons. The number of anilines is 1. The second kappa shape index (κ2) is 6.37. The Bertz CT molecular complexity index is 1030. The summed E-state index contributed by atoms with van der Waals surface area (Å²) in [7, 11) is -3.75. The average molecular weight is 363 g/mol. The first-order valence-corrected chi connectivity index (χ1v) is 9.79. The van der Waals surface area contributed by atoms with Gasteiger partial charge in [-0.3, -0.25) is 14.1 Å². The van der Waals surface area contributed by atoms with Crippen LogP contribution in [0.3, 0.4) is 0 Å². The molecule has 1 N–H and O–H groups in total. The molecular weight excluding hydrogens is 346 g/mol. The van der Waals surface area contributed by atoms with E-state index in [-0.39, 0.29) is 15.6 Å². The summed E-state index contributed by atoms with van der Waals surface area (Å²) in [5.74, 6) is 0.262. The van der Waals surface area contributed by atoms with Crippen LogP contribution in [-0.2, 0) is 16.6 Å². The number of sulfonamides is 1. The number of pyridine rings is 1. The number of hydrogen-bond donors (Lipinski definition) is 1. The Labute approximate surface area is 143 Å². The number of fused-ring (bicyclic) bond motifs is 1. The van der Waals surface area contributed by atoms with E-state index in [0.717, 1.165) is 28.8 Å². The Morgan fingerprint density at radius 2 is 2.04 bits per heavy atom. The fourth-order valence-electron chi connectivity index (χ4n) is 2.37. The fraction of sp³-hybridized carbons (Fsp3) is 0.250. The molecule has 2 heterocycles. The minimum atomic E-state index is -3.75. The summed E-state index contributed by atoms with van der Waals surface area (Å²) >= 11 is 1.06. The van der Waals surface area contributed by atoms with Crippen LogP contribution in [0.25, 0.3) is 10.2 Å². The standard InChI is InChI=1S/C16H17N3O3S2/c1-3-8-19-13-6-5-12(9-14(13)23-16(19)20)24(21,22)18-15-7-4-11(2)10-17-15/h4-7,9-10H,3,8H2,1-2H3,(H,17,18). The van der Waals surface area contributed by atoms with Crippen LogP contribution < -0.4 is 9.60 Å². The summed E-state index contributed by atoms with van der Waals surface area (Å²) in [5, 5.41) is 0. The van der Waals surface area contributed by atoms with Gasteiger partial charge in [0, 0.05) is 12.7 Å². The molecule has 0 fully saturated rings. The van der Waals surface area contributed by atoms with Gasteiger partial charge in [-0.05, 0) is 43.2 Å². The number of thiazole rings is 1. The highest BCUT2D eigenvalue weighted by Gasteiger charge is 2.17. The molecule has 0 bridgehead atoms. The third-order valence-electron chi connectivity index (χ3n) is 3.55. The molecule has 0 aliphatic heterocycles. The Morgan fingerprint density at radius 1 is 1.25 bits per heavy atom. The smallest absolute Gasteiger partial charge is 0.299 e. The maximum absolute atomic E-state index is 12.5. The molecule has 0 spiro atoms. The van der Waals surface area contributed by atoms with E-state index in [1.165, 1.54) is 12.1 Å².